The van der Waals surface area contributed by atoms with Gasteiger partial charge in [0, 0.05) is 48.4 Å². The van der Waals surface area contributed by atoms with E-state index < -0.39 is 19.1 Å². The van der Waals surface area contributed by atoms with Crippen molar-refractivity contribution in [3.8, 4) is 5.75 Å². The average molecular weight is 441 g/mol. The highest BCUT2D eigenvalue weighted by Gasteiger charge is 2.30. The molecule has 0 radical (unpaired) electrons. The lowest BCUT2D eigenvalue weighted by Gasteiger charge is -2.13. The third-order valence-corrected chi connectivity index (χ3v) is 5.37. The maximum atomic E-state index is 12.9. The molecule has 9 heteroatoms. The van der Waals surface area contributed by atoms with Gasteiger partial charge in [0.15, 0.2) is 11.6 Å². The highest BCUT2D eigenvalue weighted by atomic mass is 16.5. The van der Waals surface area contributed by atoms with E-state index >= 15 is 0 Å². The Kier molecular flexibility index (Phi) is 5.08. The van der Waals surface area contributed by atoms with Crippen LogP contribution in [0, 0.1) is 5.92 Å². The zero-order chi connectivity index (χ0) is 25.3. The number of benzene rings is 1. The Morgan fingerprint density at radius 1 is 1.31 bits per heavy atom. The number of carbonyl (C=O) groups is 2. The van der Waals surface area contributed by atoms with Gasteiger partial charge in [-0.2, -0.15) is 5.10 Å². The van der Waals surface area contributed by atoms with E-state index in [4.69, 9.17) is 13.6 Å². The number of anilines is 3. The normalized spacial score (nSPS) is 15.0. The van der Waals surface area contributed by atoms with E-state index in [2.05, 4.69) is 20.7 Å². The standard InChI is InChI=1S/C23H27N5O4/c1-5-18(29)15-11-24-19(26-23(30)13-6-7-13)10-16(15)25-22-20-17(28(2)27-22)9-8-14(12-31-3)21(20)32-4/h8-11,13H,5-7,12H2,1-4H3,(H2,24,25,26,27,30)/i1D3. The molecule has 1 aliphatic carbocycles. The molecule has 0 atom stereocenters. The second kappa shape index (κ2) is 8.96. The van der Waals surface area contributed by atoms with Crippen LogP contribution in [0.15, 0.2) is 24.4 Å². The Labute approximate surface area is 190 Å². The molecule has 168 valence electrons. The molecule has 2 N–H and O–H groups in total. The van der Waals surface area contributed by atoms with Crippen molar-refractivity contribution in [2.45, 2.75) is 32.7 Å². The molecule has 0 saturated heterocycles. The first-order chi connectivity index (χ1) is 16.6. The third kappa shape index (κ3) is 4.16. The molecule has 2 aromatic heterocycles. The molecule has 2 heterocycles. The zero-order valence-electron chi connectivity index (χ0n) is 21.2. The van der Waals surface area contributed by atoms with E-state index in [1.54, 1.807) is 25.9 Å². The van der Waals surface area contributed by atoms with Gasteiger partial charge >= 0.3 is 0 Å². The Morgan fingerprint density at radius 3 is 2.81 bits per heavy atom. The lowest BCUT2D eigenvalue weighted by molar-refractivity contribution is -0.117. The van der Waals surface area contributed by atoms with Crippen molar-refractivity contribution in [1.82, 2.24) is 14.8 Å². The SMILES string of the molecule is [2H]C([2H])([2H])CC(=O)c1cnc(NC(=O)C2CC2)cc1Nc1nn(C)c2ccc(COC)c(OC)c12. The van der Waals surface area contributed by atoms with Gasteiger partial charge < -0.3 is 20.1 Å². The first-order valence-corrected chi connectivity index (χ1v) is 10.2. The number of ether oxygens (including phenoxy) is 2. The molecule has 0 spiro atoms. The lowest BCUT2D eigenvalue weighted by Crippen LogP contribution is -2.15. The molecule has 0 bridgehead atoms. The number of methoxy groups -OCH3 is 2. The molecular weight excluding hydrogens is 410 g/mol. The minimum absolute atomic E-state index is 0.0340. The monoisotopic (exact) mass is 440 g/mol. The summed E-state index contributed by atoms with van der Waals surface area (Å²) < 4.78 is 35.1. The minimum atomic E-state index is -2.44. The van der Waals surface area contributed by atoms with Crippen molar-refractivity contribution in [2.24, 2.45) is 13.0 Å². The number of hydrogen-bond donors (Lipinski definition) is 2. The summed E-state index contributed by atoms with van der Waals surface area (Å²) in [6.07, 6.45) is 2.28. The maximum absolute atomic E-state index is 12.9. The summed E-state index contributed by atoms with van der Waals surface area (Å²) in [6.45, 7) is -2.12. The van der Waals surface area contributed by atoms with Crippen molar-refractivity contribution in [1.29, 1.82) is 0 Å². The molecule has 0 unspecified atom stereocenters. The molecular formula is C23H27N5O4. The molecule has 9 nitrogen and oxygen atoms in total. The summed E-state index contributed by atoms with van der Waals surface area (Å²) in [5, 5.41) is 11.1. The highest BCUT2D eigenvalue weighted by Crippen LogP contribution is 2.37. The lowest BCUT2D eigenvalue weighted by atomic mass is 10.1. The van der Waals surface area contributed by atoms with E-state index in [0.29, 0.717) is 23.6 Å². The van der Waals surface area contributed by atoms with Crippen LogP contribution in [0.2, 0.25) is 0 Å². The number of aromatic nitrogens is 3. The second-order valence-electron chi connectivity index (χ2n) is 7.66. The van der Waals surface area contributed by atoms with Gasteiger partial charge in [-0.05, 0) is 18.9 Å². The zero-order valence-corrected chi connectivity index (χ0v) is 18.2. The topological polar surface area (TPSA) is 107 Å². The van der Waals surface area contributed by atoms with E-state index in [0.717, 1.165) is 23.9 Å². The molecule has 32 heavy (non-hydrogen) atoms. The average Bonchev–Trinajstić information content (AvgIpc) is 3.58. The third-order valence-electron chi connectivity index (χ3n) is 5.37. The summed E-state index contributed by atoms with van der Waals surface area (Å²) in [5.74, 6) is 0.430. The number of Topliss-reactive ketones (excluding diaryl/α,β-unsaturated/α-hetero) is 1. The van der Waals surface area contributed by atoms with Gasteiger partial charge in [-0.3, -0.25) is 14.3 Å². The number of rotatable bonds is 9. The van der Waals surface area contributed by atoms with Gasteiger partial charge in [-0.25, -0.2) is 4.98 Å². The van der Waals surface area contributed by atoms with Gasteiger partial charge in [-0.1, -0.05) is 12.9 Å². The Morgan fingerprint density at radius 2 is 2.12 bits per heavy atom. The quantitative estimate of drug-likeness (QED) is 0.487. The first kappa shape index (κ1) is 18.1. The molecule has 1 fully saturated rings. The van der Waals surface area contributed by atoms with E-state index in [1.165, 1.54) is 12.3 Å². The van der Waals surface area contributed by atoms with Crippen LogP contribution in [-0.2, 0) is 23.2 Å². The molecule has 1 amide bonds. The summed E-state index contributed by atoms with van der Waals surface area (Å²) in [4.78, 5) is 29.3. The Hall–Kier alpha value is -3.46. The van der Waals surface area contributed by atoms with Crippen molar-refractivity contribution < 1.29 is 23.2 Å². The highest BCUT2D eigenvalue weighted by molar-refractivity contribution is 6.04. The smallest absolute Gasteiger partial charge is 0.228 e. The van der Waals surface area contributed by atoms with Crippen LogP contribution in [0.1, 0.15) is 46.1 Å². The van der Waals surface area contributed by atoms with Crippen molar-refractivity contribution >= 4 is 39.9 Å². The fourth-order valence-corrected chi connectivity index (χ4v) is 3.60. The first-order valence-electron chi connectivity index (χ1n) is 11.7. The molecule has 1 saturated carbocycles. The van der Waals surface area contributed by atoms with Crippen LogP contribution in [-0.4, -0.2) is 40.7 Å². The van der Waals surface area contributed by atoms with Crippen LogP contribution in [0.5, 0.6) is 5.75 Å². The minimum Gasteiger partial charge on any atom is -0.496 e. The predicted molar refractivity (Wildman–Crippen MR) is 121 cm³/mol. The van der Waals surface area contributed by atoms with E-state index in [1.807, 2.05) is 12.1 Å². The van der Waals surface area contributed by atoms with Gasteiger partial charge in [0.2, 0.25) is 5.91 Å². The fraction of sp³-hybridized carbons (Fsp3) is 0.391. The largest absolute Gasteiger partial charge is 0.496 e. The second-order valence-corrected chi connectivity index (χ2v) is 7.66. The van der Waals surface area contributed by atoms with Gasteiger partial charge in [0.25, 0.3) is 0 Å². The molecule has 0 aliphatic heterocycles. The van der Waals surface area contributed by atoms with Crippen LogP contribution in [0.4, 0.5) is 17.3 Å². The number of hydrogen-bond acceptors (Lipinski definition) is 7. The molecule has 1 aromatic carbocycles. The van der Waals surface area contributed by atoms with Crippen LogP contribution < -0.4 is 15.4 Å². The van der Waals surface area contributed by atoms with Crippen molar-refractivity contribution in [2.75, 3.05) is 24.9 Å². The van der Waals surface area contributed by atoms with Crippen LogP contribution in [0.3, 0.4) is 0 Å². The molecule has 4 rings (SSSR count). The number of nitrogens with one attached hydrogen (secondary N) is 2. The number of pyridine rings is 1. The number of amides is 1. The number of fused-ring (bicyclic) bond motifs is 1. The summed E-state index contributed by atoms with van der Waals surface area (Å²) in [5.41, 5.74) is 1.94. The number of nitrogens with zero attached hydrogens (tertiary/aromatic N) is 3. The molecule has 3 aromatic rings. The summed E-state index contributed by atoms with van der Waals surface area (Å²) in [6, 6.07) is 5.29. The summed E-state index contributed by atoms with van der Waals surface area (Å²) in [7, 11) is 4.91. The Balaban J connectivity index is 1.79. The van der Waals surface area contributed by atoms with Gasteiger partial charge in [-0.15, -0.1) is 0 Å². The Bertz CT molecular complexity index is 1280. The van der Waals surface area contributed by atoms with Crippen molar-refractivity contribution in [3.05, 3.63) is 35.5 Å². The fourth-order valence-electron chi connectivity index (χ4n) is 3.60. The number of carbonyl (C=O) groups excluding carboxylic acids is 2. The maximum Gasteiger partial charge on any atom is 0.228 e. The van der Waals surface area contributed by atoms with Crippen LogP contribution >= 0.6 is 0 Å². The number of aryl methyl sites for hydroxylation is 1. The van der Waals surface area contributed by atoms with E-state index in [9.17, 15) is 9.59 Å². The predicted octanol–water partition coefficient (Wildman–Crippen LogP) is 3.81. The summed E-state index contributed by atoms with van der Waals surface area (Å²) >= 11 is 0. The van der Waals surface area contributed by atoms with Gasteiger partial charge in [0.05, 0.1) is 35.9 Å². The van der Waals surface area contributed by atoms with Crippen molar-refractivity contribution in [3.63, 3.8) is 0 Å². The van der Waals surface area contributed by atoms with Gasteiger partial charge in [0.1, 0.15) is 11.6 Å². The van der Waals surface area contributed by atoms with E-state index in [-0.39, 0.29) is 28.9 Å². The van der Waals surface area contributed by atoms with Crippen LogP contribution in [0.25, 0.3) is 10.9 Å². The molecule has 1 aliphatic rings. The number of ketones is 1.